The maximum absolute atomic E-state index is 12.0. The van der Waals surface area contributed by atoms with Crippen LogP contribution in [0.2, 0.25) is 0 Å². The van der Waals surface area contributed by atoms with Crippen LogP contribution in [0.1, 0.15) is 13.3 Å². The molecule has 1 N–H and O–H groups in total. The molecule has 10 nitrogen and oxygen atoms in total. The fraction of sp³-hybridized carbons (Fsp3) is 0.316. The summed E-state index contributed by atoms with van der Waals surface area (Å²) in [6, 6.07) is 12.4. The third-order valence-corrected chi connectivity index (χ3v) is 5.97. The molecule has 0 fully saturated rings. The number of azo groups is 1. The highest BCUT2D eigenvalue weighted by atomic mass is 32.2. The highest BCUT2D eigenvalue weighted by Gasteiger charge is 2.20. The Morgan fingerprint density at radius 2 is 1.87 bits per heavy atom. The Labute approximate surface area is 174 Å². The van der Waals surface area contributed by atoms with Crippen LogP contribution in [0, 0.1) is 21.4 Å². The van der Waals surface area contributed by atoms with Crippen LogP contribution in [0.5, 0.6) is 0 Å². The van der Waals surface area contributed by atoms with Crippen LogP contribution in [0.4, 0.5) is 22.7 Å². The van der Waals surface area contributed by atoms with Crippen LogP contribution in [0.25, 0.3) is 0 Å². The van der Waals surface area contributed by atoms with E-state index >= 15 is 0 Å². The molecule has 2 aromatic rings. The zero-order valence-electron chi connectivity index (χ0n) is 16.3. The summed E-state index contributed by atoms with van der Waals surface area (Å²) in [5.74, 6) is -0.168. The second-order valence-corrected chi connectivity index (χ2v) is 8.42. The second kappa shape index (κ2) is 10.4. The van der Waals surface area contributed by atoms with Crippen LogP contribution in [0.3, 0.4) is 0 Å². The molecular weight excluding hydrogens is 410 g/mol. The number of hydrogen-bond donors (Lipinski definition) is 1. The van der Waals surface area contributed by atoms with Crippen molar-refractivity contribution in [1.29, 1.82) is 5.26 Å². The smallest absolute Gasteiger partial charge is 0.298 e. The van der Waals surface area contributed by atoms with Crippen molar-refractivity contribution in [2.24, 2.45) is 10.2 Å². The highest BCUT2D eigenvalue weighted by molar-refractivity contribution is 7.91. The molecule has 2 rings (SSSR count). The third kappa shape index (κ3) is 5.82. The zero-order chi connectivity index (χ0) is 22.1. The monoisotopic (exact) mass is 431 g/mol. The Hall–Kier alpha value is -3.36. The number of anilines is 1. The molecule has 0 aliphatic carbocycles. The van der Waals surface area contributed by atoms with E-state index in [1.807, 2.05) is 4.90 Å². The number of nitro benzene ring substituents is 1. The molecule has 0 aromatic heterocycles. The summed E-state index contributed by atoms with van der Waals surface area (Å²) in [5.41, 5.74) is 0.714. The molecule has 0 amide bonds. The lowest BCUT2D eigenvalue weighted by Gasteiger charge is -2.22. The highest BCUT2D eigenvalue weighted by Crippen LogP contribution is 2.32. The van der Waals surface area contributed by atoms with Crippen molar-refractivity contribution >= 4 is 32.6 Å². The molecule has 0 spiro atoms. The predicted molar refractivity (Wildman–Crippen MR) is 111 cm³/mol. The van der Waals surface area contributed by atoms with Crippen LogP contribution in [-0.2, 0) is 9.84 Å². The first kappa shape index (κ1) is 22.9. The third-order valence-electron chi connectivity index (χ3n) is 4.23. The molecule has 11 heteroatoms. The summed E-state index contributed by atoms with van der Waals surface area (Å²) >= 11 is 0. The van der Waals surface area contributed by atoms with E-state index in [0.29, 0.717) is 25.2 Å². The number of sulfone groups is 1. The molecule has 0 saturated carbocycles. The molecule has 0 unspecified atom stereocenters. The van der Waals surface area contributed by atoms with Gasteiger partial charge in [0.1, 0.15) is 0 Å². The van der Waals surface area contributed by atoms with Gasteiger partial charge in [-0.15, -0.1) is 5.11 Å². The van der Waals surface area contributed by atoms with E-state index in [4.69, 9.17) is 10.4 Å². The fourth-order valence-corrected chi connectivity index (χ4v) is 3.51. The number of nitro groups is 1. The fourth-order valence-electron chi connectivity index (χ4n) is 2.61. The molecule has 0 aliphatic rings. The van der Waals surface area contributed by atoms with E-state index in [-0.39, 0.29) is 22.9 Å². The average molecular weight is 431 g/mol. The lowest BCUT2D eigenvalue weighted by atomic mass is 10.2. The van der Waals surface area contributed by atoms with Gasteiger partial charge in [0.05, 0.1) is 40.4 Å². The first-order chi connectivity index (χ1) is 14.3. The van der Waals surface area contributed by atoms with Crippen molar-refractivity contribution in [3.63, 3.8) is 0 Å². The lowest BCUT2D eigenvalue weighted by molar-refractivity contribution is -0.384. The van der Waals surface area contributed by atoms with Gasteiger partial charge < -0.3 is 10.0 Å². The largest absolute Gasteiger partial charge is 0.395 e. The molecule has 158 valence electrons. The van der Waals surface area contributed by atoms with E-state index in [9.17, 15) is 18.5 Å². The van der Waals surface area contributed by atoms with Crippen LogP contribution in [0.15, 0.2) is 57.6 Å². The standard InChI is InChI=1S/C19H21N5O5S/c1-2-30(28,29)17-8-9-18(19(14-17)24(26)27)22-21-15-4-6-16(7-5-15)23(12-13-25)11-3-10-20/h4-9,14,25H,2-3,11-13H2,1H3. The average Bonchev–Trinajstić information content (AvgIpc) is 2.75. The van der Waals surface area contributed by atoms with Crippen LogP contribution < -0.4 is 4.90 Å². The van der Waals surface area contributed by atoms with E-state index in [0.717, 1.165) is 11.8 Å². The molecular formula is C19H21N5O5S. The summed E-state index contributed by atoms with van der Waals surface area (Å²) < 4.78 is 23.9. The van der Waals surface area contributed by atoms with E-state index in [2.05, 4.69) is 16.3 Å². The molecule has 0 aliphatic heterocycles. The van der Waals surface area contributed by atoms with Gasteiger partial charge in [0.25, 0.3) is 5.69 Å². The number of aliphatic hydroxyl groups excluding tert-OH is 1. The zero-order valence-corrected chi connectivity index (χ0v) is 17.1. The van der Waals surface area contributed by atoms with Gasteiger partial charge in [-0.1, -0.05) is 6.92 Å². The molecule has 2 aromatic carbocycles. The lowest BCUT2D eigenvalue weighted by Crippen LogP contribution is -2.27. The van der Waals surface area contributed by atoms with Crippen molar-refractivity contribution in [1.82, 2.24) is 0 Å². The van der Waals surface area contributed by atoms with E-state index < -0.39 is 20.4 Å². The van der Waals surface area contributed by atoms with Gasteiger partial charge >= 0.3 is 0 Å². The maximum Gasteiger partial charge on any atom is 0.298 e. The van der Waals surface area contributed by atoms with Gasteiger partial charge in [0, 0.05) is 24.8 Å². The predicted octanol–water partition coefficient (Wildman–Crippen LogP) is 3.52. The second-order valence-electron chi connectivity index (χ2n) is 6.15. The number of aliphatic hydroxyl groups is 1. The molecule has 30 heavy (non-hydrogen) atoms. The summed E-state index contributed by atoms with van der Waals surface area (Å²) in [5, 5.41) is 37.1. The molecule has 0 atom stereocenters. The number of rotatable bonds is 10. The Morgan fingerprint density at radius 1 is 1.17 bits per heavy atom. The first-order valence-electron chi connectivity index (χ1n) is 9.08. The minimum Gasteiger partial charge on any atom is -0.395 e. The van der Waals surface area contributed by atoms with Crippen molar-refractivity contribution in [3.8, 4) is 6.07 Å². The molecule has 0 heterocycles. The number of hydrogen-bond acceptors (Lipinski definition) is 9. The number of nitriles is 1. The van der Waals surface area contributed by atoms with Crippen molar-refractivity contribution < 1.29 is 18.4 Å². The van der Waals surface area contributed by atoms with Gasteiger partial charge in [-0.2, -0.15) is 10.4 Å². The Balaban J connectivity index is 2.27. The summed E-state index contributed by atoms with van der Waals surface area (Å²) in [6.07, 6.45) is 0.314. The van der Waals surface area contributed by atoms with Gasteiger partial charge in [-0.05, 0) is 36.4 Å². The Morgan fingerprint density at radius 3 is 2.43 bits per heavy atom. The normalized spacial score (nSPS) is 11.4. The quantitative estimate of drug-likeness (QED) is 0.343. The van der Waals surface area contributed by atoms with Crippen molar-refractivity contribution in [3.05, 3.63) is 52.6 Å². The maximum atomic E-state index is 12.0. The first-order valence-corrected chi connectivity index (χ1v) is 10.7. The van der Waals surface area contributed by atoms with E-state index in [1.165, 1.54) is 19.1 Å². The molecule has 0 saturated heterocycles. The number of nitrogens with zero attached hydrogens (tertiary/aromatic N) is 5. The van der Waals surface area contributed by atoms with Gasteiger partial charge in [-0.3, -0.25) is 10.1 Å². The van der Waals surface area contributed by atoms with E-state index in [1.54, 1.807) is 24.3 Å². The van der Waals surface area contributed by atoms with Crippen molar-refractivity contribution in [2.75, 3.05) is 30.3 Å². The summed E-state index contributed by atoms with van der Waals surface area (Å²) in [7, 11) is -3.58. The van der Waals surface area contributed by atoms with Gasteiger partial charge in [0.2, 0.25) is 0 Å². The van der Waals surface area contributed by atoms with Crippen molar-refractivity contribution in [2.45, 2.75) is 18.2 Å². The topological polar surface area (TPSA) is 149 Å². The van der Waals surface area contributed by atoms with Gasteiger partial charge in [0.15, 0.2) is 15.5 Å². The van der Waals surface area contributed by atoms with Gasteiger partial charge in [-0.25, -0.2) is 8.42 Å². The summed E-state index contributed by atoms with van der Waals surface area (Å²) in [6.45, 7) is 2.25. The minimum atomic E-state index is -3.58. The Bertz CT molecular complexity index is 1060. The molecule has 0 radical (unpaired) electrons. The van der Waals surface area contributed by atoms with Crippen LogP contribution in [-0.4, -0.2) is 43.9 Å². The minimum absolute atomic E-state index is 0.0553. The molecule has 0 bridgehead atoms. The summed E-state index contributed by atoms with van der Waals surface area (Å²) in [4.78, 5) is 12.3. The SMILES string of the molecule is CCS(=O)(=O)c1ccc(N=Nc2ccc(N(CCO)CCC#N)cc2)c([N+](=O)[O-])c1. The Kier molecular flexibility index (Phi) is 7.97. The number of benzene rings is 2. The van der Waals surface area contributed by atoms with Crippen LogP contribution >= 0.6 is 0 Å².